The van der Waals surface area contributed by atoms with E-state index in [0.717, 1.165) is 20.2 Å². The van der Waals surface area contributed by atoms with Crippen LogP contribution in [0.3, 0.4) is 0 Å². The summed E-state index contributed by atoms with van der Waals surface area (Å²) in [5, 5.41) is 1.12. The molecule has 0 aliphatic carbocycles. The van der Waals surface area contributed by atoms with Gasteiger partial charge in [-0.05, 0) is 34.7 Å². The fourth-order valence-corrected chi connectivity index (χ4v) is 2.48. The van der Waals surface area contributed by atoms with Gasteiger partial charge in [0.1, 0.15) is 3.70 Å². The number of fused-ring (bicyclic) bond motifs is 1. The van der Waals surface area contributed by atoms with Crippen molar-refractivity contribution in [2.45, 2.75) is 6.29 Å². The summed E-state index contributed by atoms with van der Waals surface area (Å²) in [4.78, 5) is 4.55. The Labute approximate surface area is 107 Å². The average molecular weight is 327 g/mol. The van der Waals surface area contributed by atoms with Gasteiger partial charge in [-0.25, -0.2) is 4.98 Å². The molecular weight excluding hydrogens is 317 g/mol. The fourth-order valence-electron chi connectivity index (χ4n) is 1.81. The van der Waals surface area contributed by atoms with Crippen molar-refractivity contribution in [3.63, 3.8) is 0 Å². The van der Waals surface area contributed by atoms with E-state index in [1.54, 1.807) is 0 Å². The molecule has 1 fully saturated rings. The van der Waals surface area contributed by atoms with Crippen molar-refractivity contribution in [2.24, 2.45) is 0 Å². The molecule has 82 valence electrons. The molecule has 3 rings (SSSR count). The summed E-state index contributed by atoms with van der Waals surface area (Å²) in [5.74, 6) is 0. The van der Waals surface area contributed by atoms with Crippen LogP contribution in [0, 0.1) is 3.70 Å². The lowest BCUT2D eigenvalue weighted by molar-refractivity contribution is -0.0448. The Morgan fingerprint density at radius 3 is 2.75 bits per heavy atom. The second-order valence-corrected chi connectivity index (χ2v) is 4.66. The highest BCUT2D eigenvalue weighted by molar-refractivity contribution is 14.1. The van der Waals surface area contributed by atoms with Crippen molar-refractivity contribution in [3.05, 3.63) is 39.6 Å². The summed E-state index contributed by atoms with van der Waals surface area (Å²) >= 11 is 2.23. The molecule has 0 radical (unpaired) electrons. The predicted molar refractivity (Wildman–Crippen MR) is 69.1 cm³/mol. The summed E-state index contributed by atoms with van der Waals surface area (Å²) in [6.07, 6.45) is -0.246. The zero-order valence-corrected chi connectivity index (χ0v) is 10.7. The van der Waals surface area contributed by atoms with E-state index in [0.29, 0.717) is 13.2 Å². The molecular formula is C12H10INO2. The number of nitrogens with zero attached hydrogens (tertiary/aromatic N) is 1. The second kappa shape index (κ2) is 4.27. The zero-order chi connectivity index (χ0) is 11.0. The Kier molecular flexibility index (Phi) is 2.79. The SMILES string of the molecule is Ic1nc2ccccc2cc1C1OCCO1. The van der Waals surface area contributed by atoms with Crippen LogP contribution in [0.5, 0.6) is 0 Å². The van der Waals surface area contributed by atoms with Crippen LogP contribution in [0.1, 0.15) is 11.9 Å². The molecule has 1 aromatic carbocycles. The van der Waals surface area contributed by atoms with Crippen molar-refractivity contribution >= 4 is 33.5 Å². The van der Waals surface area contributed by atoms with Crippen molar-refractivity contribution in [2.75, 3.05) is 13.2 Å². The normalized spacial score (nSPS) is 17.1. The number of rotatable bonds is 1. The van der Waals surface area contributed by atoms with Gasteiger partial charge in [0.15, 0.2) is 6.29 Å². The van der Waals surface area contributed by atoms with Gasteiger partial charge in [-0.1, -0.05) is 18.2 Å². The van der Waals surface area contributed by atoms with Crippen LogP contribution in [0.15, 0.2) is 30.3 Å². The van der Waals surface area contributed by atoms with Gasteiger partial charge in [-0.3, -0.25) is 0 Å². The van der Waals surface area contributed by atoms with E-state index >= 15 is 0 Å². The molecule has 0 atom stereocenters. The van der Waals surface area contributed by atoms with Gasteiger partial charge in [0.25, 0.3) is 0 Å². The molecule has 2 heterocycles. The van der Waals surface area contributed by atoms with E-state index < -0.39 is 0 Å². The lowest BCUT2D eigenvalue weighted by Gasteiger charge is -2.11. The van der Waals surface area contributed by atoms with E-state index in [-0.39, 0.29) is 6.29 Å². The molecule has 0 saturated carbocycles. The minimum atomic E-state index is -0.246. The van der Waals surface area contributed by atoms with E-state index in [1.807, 2.05) is 18.2 Å². The highest BCUT2D eigenvalue weighted by Crippen LogP contribution is 2.28. The predicted octanol–water partition coefficient (Wildman–Crippen LogP) is 2.88. The van der Waals surface area contributed by atoms with Gasteiger partial charge >= 0.3 is 0 Å². The molecule has 0 spiro atoms. The number of benzene rings is 1. The molecule has 3 nitrogen and oxygen atoms in total. The third kappa shape index (κ3) is 1.81. The number of aromatic nitrogens is 1. The summed E-state index contributed by atoms with van der Waals surface area (Å²) in [6, 6.07) is 10.2. The van der Waals surface area contributed by atoms with E-state index in [9.17, 15) is 0 Å². The highest BCUT2D eigenvalue weighted by atomic mass is 127. The standard InChI is InChI=1S/C12H10INO2/c13-11-9(12-15-5-6-16-12)7-8-3-1-2-4-10(8)14-11/h1-4,7,12H,5-6H2. The molecule has 4 heteroatoms. The Hall–Kier alpha value is -0.720. The van der Waals surface area contributed by atoms with Crippen molar-refractivity contribution in [1.82, 2.24) is 4.98 Å². The van der Waals surface area contributed by atoms with Gasteiger partial charge in [0.2, 0.25) is 0 Å². The molecule has 0 unspecified atom stereocenters. The van der Waals surface area contributed by atoms with Gasteiger partial charge in [0.05, 0.1) is 18.7 Å². The number of pyridine rings is 1. The largest absolute Gasteiger partial charge is 0.346 e. The van der Waals surface area contributed by atoms with Crippen molar-refractivity contribution in [3.8, 4) is 0 Å². The Morgan fingerprint density at radius 2 is 1.94 bits per heavy atom. The summed E-state index contributed by atoms with van der Waals surface area (Å²) < 4.78 is 12.0. The third-order valence-electron chi connectivity index (χ3n) is 2.58. The fraction of sp³-hybridized carbons (Fsp3) is 0.250. The molecule has 1 aliphatic heterocycles. The smallest absolute Gasteiger partial charge is 0.186 e. The number of halogens is 1. The maximum Gasteiger partial charge on any atom is 0.186 e. The molecule has 16 heavy (non-hydrogen) atoms. The summed E-state index contributed by atoms with van der Waals surface area (Å²) in [7, 11) is 0. The quantitative estimate of drug-likeness (QED) is 0.596. The Bertz CT molecular complexity index is 523. The zero-order valence-electron chi connectivity index (χ0n) is 8.52. The van der Waals surface area contributed by atoms with E-state index in [1.165, 1.54) is 0 Å². The highest BCUT2D eigenvalue weighted by Gasteiger charge is 2.21. The van der Waals surface area contributed by atoms with Gasteiger partial charge in [-0.15, -0.1) is 0 Å². The van der Waals surface area contributed by atoms with Gasteiger partial charge < -0.3 is 9.47 Å². The maximum absolute atomic E-state index is 5.50. The molecule has 1 aliphatic rings. The minimum absolute atomic E-state index is 0.246. The number of para-hydroxylation sites is 1. The molecule has 0 bridgehead atoms. The molecule has 0 N–H and O–H groups in total. The molecule has 2 aromatic rings. The van der Waals surface area contributed by atoms with E-state index in [2.05, 4.69) is 39.7 Å². The van der Waals surface area contributed by atoms with Crippen LogP contribution in [-0.4, -0.2) is 18.2 Å². The molecule has 1 aromatic heterocycles. The second-order valence-electron chi connectivity index (χ2n) is 3.63. The van der Waals surface area contributed by atoms with E-state index in [4.69, 9.17) is 9.47 Å². The number of hydrogen-bond acceptors (Lipinski definition) is 3. The molecule has 1 saturated heterocycles. The van der Waals surface area contributed by atoms with Crippen molar-refractivity contribution in [1.29, 1.82) is 0 Å². The van der Waals surface area contributed by atoms with Crippen LogP contribution in [0.4, 0.5) is 0 Å². The Balaban J connectivity index is 2.13. The summed E-state index contributed by atoms with van der Waals surface area (Å²) in [5.41, 5.74) is 2.03. The first-order valence-electron chi connectivity index (χ1n) is 5.13. The lowest BCUT2D eigenvalue weighted by Crippen LogP contribution is -2.02. The van der Waals surface area contributed by atoms with Crippen LogP contribution in [0.25, 0.3) is 10.9 Å². The summed E-state index contributed by atoms with van der Waals surface area (Å²) in [6.45, 7) is 1.32. The number of hydrogen-bond donors (Lipinski definition) is 0. The topological polar surface area (TPSA) is 31.4 Å². The Morgan fingerprint density at radius 1 is 1.19 bits per heavy atom. The first kappa shape index (κ1) is 10.4. The van der Waals surface area contributed by atoms with Crippen LogP contribution in [-0.2, 0) is 9.47 Å². The van der Waals surface area contributed by atoms with Crippen LogP contribution in [0.2, 0.25) is 0 Å². The monoisotopic (exact) mass is 327 g/mol. The number of ether oxygens (including phenoxy) is 2. The van der Waals surface area contributed by atoms with Crippen LogP contribution < -0.4 is 0 Å². The third-order valence-corrected chi connectivity index (χ3v) is 3.44. The minimum Gasteiger partial charge on any atom is -0.346 e. The van der Waals surface area contributed by atoms with Crippen LogP contribution >= 0.6 is 22.6 Å². The van der Waals surface area contributed by atoms with Crippen molar-refractivity contribution < 1.29 is 9.47 Å². The van der Waals surface area contributed by atoms with Gasteiger partial charge in [-0.2, -0.15) is 0 Å². The maximum atomic E-state index is 5.50. The first-order valence-corrected chi connectivity index (χ1v) is 6.21. The molecule has 0 amide bonds. The first-order chi connectivity index (χ1) is 7.84. The lowest BCUT2D eigenvalue weighted by atomic mass is 10.1. The average Bonchev–Trinajstić information content (AvgIpc) is 2.81. The van der Waals surface area contributed by atoms with Gasteiger partial charge in [0, 0.05) is 10.9 Å².